The lowest BCUT2D eigenvalue weighted by atomic mass is 9.91. The van der Waals surface area contributed by atoms with E-state index in [4.69, 9.17) is 9.47 Å². The molecule has 2 aliphatic heterocycles. The molecule has 150 valence electrons. The Morgan fingerprint density at radius 3 is 2.72 bits per heavy atom. The number of aryl methyl sites for hydroxylation is 1. The molecule has 0 radical (unpaired) electrons. The Morgan fingerprint density at radius 2 is 2.00 bits per heavy atom. The normalized spacial score (nSPS) is 22.0. The van der Waals surface area contributed by atoms with E-state index in [-0.39, 0.29) is 13.0 Å². The lowest BCUT2D eigenvalue weighted by Crippen LogP contribution is -2.59. The highest BCUT2D eigenvalue weighted by atomic mass is 16.5. The Balaban J connectivity index is 1.94. The summed E-state index contributed by atoms with van der Waals surface area (Å²) in [5.41, 5.74) is 0.552. The molecule has 1 fully saturated rings. The predicted molar refractivity (Wildman–Crippen MR) is 106 cm³/mol. The molecule has 29 heavy (non-hydrogen) atoms. The second-order valence-electron chi connectivity index (χ2n) is 7.31. The Kier molecular flexibility index (Phi) is 4.53. The molecule has 7 heteroatoms. The standard InChI is InChI=1S/C22H22N2O5/c1-4-28-21(27)22(23-14(3)25)12-17-15-11-13(2)9-10-18(15)29-19-8-6-5-7-16(19)24(17)20(22)26/h5-11,17H,4,12H2,1-3H3,(H,23,25). The fraction of sp³-hybridized carbons (Fsp3) is 0.318. The van der Waals surface area contributed by atoms with Crippen LogP contribution in [0.4, 0.5) is 5.69 Å². The highest BCUT2D eigenvalue weighted by Crippen LogP contribution is 2.51. The van der Waals surface area contributed by atoms with Crippen LogP contribution in [0.3, 0.4) is 0 Å². The van der Waals surface area contributed by atoms with Gasteiger partial charge in [-0.05, 0) is 32.0 Å². The molecule has 7 nitrogen and oxygen atoms in total. The van der Waals surface area contributed by atoms with Gasteiger partial charge in [-0.3, -0.25) is 14.5 Å². The molecule has 1 N–H and O–H groups in total. The van der Waals surface area contributed by atoms with Gasteiger partial charge in [0, 0.05) is 18.9 Å². The quantitative estimate of drug-likeness (QED) is 0.639. The number of nitrogens with zero attached hydrogens (tertiary/aromatic N) is 1. The number of rotatable bonds is 3. The molecule has 0 aromatic heterocycles. The minimum Gasteiger partial charge on any atom is -0.464 e. The number of hydrogen-bond acceptors (Lipinski definition) is 5. The van der Waals surface area contributed by atoms with E-state index in [1.165, 1.54) is 6.92 Å². The van der Waals surface area contributed by atoms with Crippen molar-refractivity contribution in [2.24, 2.45) is 0 Å². The molecule has 0 spiro atoms. The van der Waals surface area contributed by atoms with Gasteiger partial charge in [-0.1, -0.05) is 29.8 Å². The first-order valence-electron chi connectivity index (χ1n) is 9.54. The first kappa shape index (κ1) is 19.0. The van der Waals surface area contributed by atoms with Crippen molar-refractivity contribution in [3.8, 4) is 11.5 Å². The van der Waals surface area contributed by atoms with E-state index in [1.807, 2.05) is 31.2 Å². The molecule has 2 aromatic rings. The number of hydrogen-bond donors (Lipinski definition) is 1. The summed E-state index contributed by atoms with van der Waals surface area (Å²) in [4.78, 5) is 40.1. The average Bonchev–Trinajstić information content (AvgIpc) is 2.88. The number of benzene rings is 2. The largest absolute Gasteiger partial charge is 0.464 e. The third-order valence-electron chi connectivity index (χ3n) is 5.28. The number of ether oxygens (including phenoxy) is 2. The first-order chi connectivity index (χ1) is 13.9. The van der Waals surface area contributed by atoms with E-state index in [9.17, 15) is 14.4 Å². The van der Waals surface area contributed by atoms with Gasteiger partial charge in [0.05, 0.1) is 18.3 Å². The molecule has 4 rings (SSSR count). The molecule has 2 aliphatic rings. The van der Waals surface area contributed by atoms with Crippen LogP contribution in [-0.2, 0) is 19.1 Å². The molecule has 0 bridgehead atoms. The zero-order chi connectivity index (χ0) is 20.8. The van der Waals surface area contributed by atoms with Crippen molar-refractivity contribution in [3.63, 3.8) is 0 Å². The van der Waals surface area contributed by atoms with E-state index >= 15 is 0 Å². The molecule has 2 amide bonds. The van der Waals surface area contributed by atoms with Gasteiger partial charge in [0.1, 0.15) is 5.75 Å². The van der Waals surface area contributed by atoms with Gasteiger partial charge in [-0.25, -0.2) is 4.79 Å². The van der Waals surface area contributed by atoms with Crippen molar-refractivity contribution < 1.29 is 23.9 Å². The number of nitrogens with one attached hydrogen (secondary N) is 1. The van der Waals surface area contributed by atoms with Crippen LogP contribution in [0.1, 0.15) is 37.4 Å². The number of carbonyl (C=O) groups is 3. The lowest BCUT2D eigenvalue weighted by molar-refractivity contribution is -0.156. The molecular formula is C22H22N2O5. The van der Waals surface area contributed by atoms with Crippen molar-refractivity contribution in [2.45, 2.75) is 38.8 Å². The maximum Gasteiger partial charge on any atom is 0.341 e. The summed E-state index contributed by atoms with van der Waals surface area (Å²) in [5, 5.41) is 2.60. The van der Waals surface area contributed by atoms with Crippen LogP contribution in [0.5, 0.6) is 11.5 Å². The van der Waals surface area contributed by atoms with Crippen molar-refractivity contribution in [3.05, 3.63) is 53.6 Å². The van der Waals surface area contributed by atoms with Crippen LogP contribution < -0.4 is 15.0 Å². The number of amides is 2. The summed E-state index contributed by atoms with van der Waals surface area (Å²) in [7, 11) is 0. The van der Waals surface area contributed by atoms with Crippen LogP contribution in [0.2, 0.25) is 0 Å². The average molecular weight is 394 g/mol. The van der Waals surface area contributed by atoms with Gasteiger partial charge in [0.15, 0.2) is 5.75 Å². The fourth-order valence-corrected chi connectivity index (χ4v) is 4.11. The fourth-order valence-electron chi connectivity index (χ4n) is 4.11. The molecule has 2 aromatic carbocycles. The second-order valence-corrected chi connectivity index (χ2v) is 7.31. The Bertz CT molecular complexity index is 1020. The highest BCUT2D eigenvalue weighted by molar-refractivity contribution is 6.19. The van der Waals surface area contributed by atoms with E-state index in [1.54, 1.807) is 30.0 Å². The maximum absolute atomic E-state index is 13.7. The summed E-state index contributed by atoms with van der Waals surface area (Å²) in [6.07, 6.45) is 0.0540. The van der Waals surface area contributed by atoms with E-state index in [0.717, 1.165) is 11.1 Å². The van der Waals surface area contributed by atoms with Crippen LogP contribution in [0.15, 0.2) is 42.5 Å². The van der Waals surface area contributed by atoms with Crippen LogP contribution in [0, 0.1) is 6.92 Å². The number of para-hydroxylation sites is 2. The SMILES string of the molecule is CCOC(=O)C1(NC(C)=O)CC2c3cc(C)ccc3Oc3ccccc3N2C1=O. The van der Waals surface area contributed by atoms with Gasteiger partial charge < -0.3 is 14.8 Å². The smallest absolute Gasteiger partial charge is 0.341 e. The monoisotopic (exact) mass is 394 g/mol. The van der Waals surface area contributed by atoms with Gasteiger partial charge >= 0.3 is 5.97 Å². The summed E-state index contributed by atoms with van der Waals surface area (Å²) < 4.78 is 11.3. The van der Waals surface area contributed by atoms with Crippen molar-refractivity contribution in [1.29, 1.82) is 0 Å². The minimum absolute atomic E-state index is 0.0540. The minimum atomic E-state index is -1.78. The number of fused-ring (bicyclic) bond motifs is 5. The van der Waals surface area contributed by atoms with Crippen molar-refractivity contribution in [2.75, 3.05) is 11.5 Å². The molecule has 1 saturated heterocycles. The van der Waals surface area contributed by atoms with Crippen LogP contribution in [-0.4, -0.2) is 29.9 Å². The van der Waals surface area contributed by atoms with Crippen LogP contribution >= 0.6 is 0 Å². The Morgan fingerprint density at radius 1 is 1.24 bits per heavy atom. The third-order valence-corrected chi connectivity index (χ3v) is 5.28. The van der Waals surface area contributed by atoms with E-state index < -0.39 is 29.4 Å². The first-order valence-corrected chi connectivity index (χ1v) is 9.54. The summed E-state index contributed by atoms with van der Waals surface area (Å²) >= 11 is 0. The zero-order valence-corrected chi connectivity index (χ0v) is 16.5. The van der Waals surface area contributed by atoms with Crippen LogP contribution in [0.25, 0.3) is 0 Å². The van der Waals surface area contributed by atoms with E-state index in [0.29, 0.717) is 17.2 Å². The second kappa shape index (κ2) is 6.92. The Hall–Kier alpha value is -3.35. The Labute approximate surface area is 168 Å². The molecule has 2 heterocycles. The van der Waals surface area contributed by atoms with E-state index in [2.05, 4.69) is 5.32 Å². The molecular weight excluding hydrogens is 372 g/mol. The molecule has 0 saturated carbocycles. The molecule has 0 aliphatic carbocycles. The topological polar surface area (TPSA) is 84.9 Å². The lowest BCUT2D eigenvalue weighted by Gasteiger charge is -2.26. The molecule has 2 atom stereocenters. The number of esters is 1. The number of anilines is 1. The summed E-state index contributed by atoms with van der Waals surface area (Å²) in [6.45, 7) is 5.01. The third kappa shape index (κ3) is 2.93. The highest BCUT2D eigenvalue weighted by Gasteiger charge is 2.60. The summed E-state index contributed by atoms with van der Waals surface area (Å²) in [6, 6.07) is 12.4. The maximum atomic E-state index is 13.7. The van der Waals surface area contributed by atoms with Gasteiger partial charge in [0.2, 0.25) is 11.4 Å². The van der Waals surface area contributed by atoms with Gasteiger partial charge in [0.25, 0.3) is 5.91 Å². The zero-order valence-electron chi connectivity index (χ0n) is 16.5. The summed E-state index contributed by atoms with van der Waals surface area (Å²) in [5.74, 6) is -0.623. The van der Waals surface area contributed by atoms with Gasteiger partial charge in [-0.15, -0.1) is 0 Å². The predicted octanol–water partition coefficient (Wildman–Crippen LogP) is 3.02. The van der Waals surface area contributed by atoms with Crippen molar-refractivity contribution in [1.82, 2.24) is 5.32 Å². The van der Waals surface area contributed by atoms with Gasteiger partial charge in [-0.2, -0.15) is 0 Å². The van der Waals surface area contributed by atoms with Crippen molar-refractivity contribution >= 4 is 23.5 Å². The number of carbonyl (C=O) groups excluding carboxylic acids is 3. The molecule has 2 unspecified atom stereocenters.